The van der Waals surface area contributed by atoms with E-state index in [-0.39, 0.29) is 12.2 Å². The molecule has 1 saturated heterocycles. The first-order valence-corrected chi connectivity index (χ1v) is 8.03. The third kappa shape index (κ3) is 2.78. The van der Waals surface area contributed by atoms with Crippen molar-refractivity contribution in [1.82, 2.24) is 30.3 Å². The Labute approximate surface area is 129 Å². The molecule has 7 heteroatoms. The molecule has 0 aromatic carbocycles. The van der Waals surface area contributed by atoms with Crippen LogP contribution in [-0.4, -0.2) is 37.6 Å². The number of aryl methyl sites for hydroxylation is 1. The normalized spacial score (nSPS) is 25.0. The smallest absolute Gasteiger partial charge is 0.153 e. The highest BCUT2D eigenvalue weighted by Crippen LogP contribution is 2.41. The first kappa shape index (κ1) is 13.9. The van der Waals surface area contributed by atoms with Gasteiger partial charge < -0.3 is 10.1 Å². The zero-order chi connectivity index (χ0) is 14.9. The first-order valence-electron chi connectivity index (χ1n) is 8.03. The van der Waals surface area contributed by atoms with Crippen LogP contribution in [0.1, 0.15) is 54.8 Å². The number of nitrogens with one attached hydrogen (secondary N) is 2. The quantitative estimate of drug-likeness (QED) is 0.843. The predicted molar refractivity (Wildman–Crippen MR) is 80.1 cm³/mol. The van der Waals surface area contributed by atoms with Gasteiger partial charge in [-0.15, -0.1) is 0 Å². The summed E-state index contributed by atoms with van der Waals surface area (Å²) in [5.74, 6) is 1.58. The fourth-order valence-electron chi connectivity index (χ4n) is 3.21. The lowest BCUT2D eigenvalue weighted by atomic mass is 10.1. The average Bonchev–Trinajstić information content (AvgIpc) is 2.94. The molecule has 1 saturated carbocycles. The van der Waals surface area contributed by atoms with E-state index in [0.717, 1.165) is 37.7 Å². The van der Waals surface area contributed by atoms with Gasteiger partial charge >= 0.3 is 0 Å². The highest BCUT2D eigenvalue weighted by atomic mass is 16.5. The van der Waals surface area contributed by atoms with Crippen molar-refractivity contribution in [2.24, 2.45) is 7.05 Å². The van der Waals surface area contributed by atoms with Crippen molar-refractivity contribution >= 4 is 0 Å². The lowest BCUT2D eigenvalue weighted by Gasteiger charge is -2.14. The molecule has 2 atom stereocenters. The molecule has 2 fully saturated rings. The SMILES string of the molecule is Cn1ncc(C2CC2)c1CNC[C@H]1CC[C@@H](c2ncn[nH]2)O1. The molecule has 0 radical (unpaired) electrons. The van der Waals surface area contributed by atoms with Gasteiger partial charge in [0.1, 0.15) is 12.4 Å². The van der Waals surface area contributed by atoms with Crippen molar-refractivity contribution in [1.29, 1.82) is 0 Å². The zero-order valence-electron chi connectivity index (χ0n) is 12.8. The Morgan fingerprint density at radius 2 is 2.27 bits per heavy atom. The van der Waals surface area contributed by atoms with Gasteiger partial charge in [-0.25, -0.2) is 4.98 Å². The lowest BCUT2D eigenvalue weighted by molar-refractivity contribution is 0.0400. The Morgan fingerprint density at radius 3 is 3.05 bits per heavy atom. The molecular weight excluding hydrogens is 280 g/mol. The van der Waals surface area contributed by atoms with Gasteiger partial charge in [-0.2, -0.15) is 10.2 Å². The second-order valence-electron chi connectivity index (χ2n) is 6.27. The average molecular weight is 302 g/mol. The number of nitrogens with zero attached hydrogens (tertiary/aromatic N) is 4. The van der Waals surface area contributed by atoms with Gasteiger partial charge in [-0.3, -0.25) is 9.78 Å². The third-order valence-corrected chi connectivity index (χ3v) is 4.62. The van der Waals surface area contributed by atoms with Gasteiger partial charge in [0.25, 0.3) is 0 Å². The molecular formula is C15H22N6O. The molecule has 0 unspecified atom stereocenters. The zero-order valence-corrected chi connectivity index (χ0v) is 12.8. The van der Waals surface area contributed by atoms with Crippen LogP contribution in [0.3, 0.4) is 0 Å². The number of aromatic nitrogens is 5. The molecule has 4 rings (SSSR count). The van der Waals surface area contributed by atoms with Crippen LogP contribution < -0.4 is 5.32 Å². The summed E-state index contributed by atoms with van der Waals surface area (Å²) in [6.45, 7) is 1.72. The fourth-order valence-corrected chi connectivity index (χ4v) is 3.21. The predicted octanol–water partition coefficient (Wildman–Crippen LogP) is 1.43. The van der Waals surface area contributed by atoms with Gasteiger partial charge in [0.05, 0.1) is 18.0 Å². The summed E-state index contributed by atoms with van der Waals surface area (Å²) in [5, 5.41) is 14.7. The summed E-state index contributed by atoms with van der Waals surface area (Å²) in [7, 11) is 2.02. The maximum absolute atomic E-state index is 6.03. The van der Waals surface area contributed by atoms with Crippen molar-refractivity contribution in [2.75, 3.05) is 6.54 Å². The van der Waals surface area contributed by atoms with Crippen LogP contribution in [0, 0.1) is 0 Å². The molecule has 3 heterocycles. The van der Waals surface area contributed by atoms with Crippen LogP contribution >= 0.6 is 0 Å². The van der Waals surface area contributed by atoms with Gasteiger partial charge in [0.2, 0.25) is 0 Å². The lowest BCUT2D eigenvalue weighted by Crippen LogP contribution is -2.27. The van der Waals surface area contributed by atoms with E-state index in [9.17, 15) is 0 Å². The summed E-state index contributed by atoms with van der Waals surface area (Å²) in [5.41, 5.74) is 2.73. The molecule has 1 aliphatic carbocycles. The Kier molecular flexibility index (Phi) is 3.67. The van der Waals surface area contributed by atoms with Crippen LogP contribution in [0.2, 0.25) is 0 Å². The molecule has 0 spiro atoms. The van der Waals surface area contributed by atoms with Gasteiger partial charge in [-0.1, -0.05) is 0 Å². The Bertz CT molecular complexity index is 618. The van der Waals surface area contributed by atoms with Crippen LogP contribution in [0.15, 0.2) is 12.5 Å². The van der Waals surface area contributed by atoms with E-state index in [1.807, 2.05) is 17.9 Å². The summed E-state index contributed by atoms with van der Waals surface area (Å²) in [6, 6.07) is 0. The molecule has 0 bridgehead atoms. The van der Waals surface area contributed by atoms with E-state index in [1.165, 1.54) is 30.4 Å². The van der Waals surface area contributed by atoms with E-state index < -0.39 is 0 Å². The number of rotatable bonds is 6. The van der Waals surface area contributed by atoms with Gasteiger partial charge in [0, 0.05) is 20.1 Å². The van der Waals surface area contributed by atoms with Gasteiger partial charge in [0.15, 0.2) is 5.82 Å². The first-order chi connectivity index (χ1) is 10.8. The third-order valence-electron chi connectivity index (χ3n) is 4.62. The van der Waals surface area contributed by atoms with E-state index >= 15 is 0 Å². The topological polar surface area (TPSA) is 80.7 Å². The van der Waals surface area contributed by atoms with Crippen molar-refractivity contribution in [3.05, 3.63) is 29.6 Å². The summed E-state index contributed by atoms with van der Waals surface area (Å²) < 4.78 is 8.02. The highest BCUT2D eigenvalue weighted by molar-refractivity contribution is 5.26. The van der Waals surface area contributed by atoms with E-state index in [1.54, 1.807) is 0 Å². The maximum atomic E-state index is 6.03. The van der Waals surface area contributed by atoms with E-state index in [2.05, 4.69) is 25.6 Å². The Hall–Kier alpha value is -1.73. The summed E-state index contributed by atoms with van der Waals surface area (Å²) >= 11 is 0. The second kappa shape index (κ2) is 5.81. The van der Waals surface area contributed by atoms with Crippen molar-refractivity contribution in [2.45, 2.75) is 50.4 Å². The molecule has 2 N–H and O–H groups in total. The number of hydrogen-bond donors (Lipinski definition) is 2. The Morgan fingerprint density at radius 1 is 1.36 bits per heavy atom. The van der Waals surface area contributed by atoms with Crippen molar-refractivity contribution < 1.29 is 4.74 Å². The summed E-state index contributed by atoms with van der Waals surface area (Å²) in [6.07, 6.45) is 8.54. The molecule has 0 amide bonds. The number of hydrogen-bond acceptors (Lipinski definition) is 5. The van der Waals surface area contributed by atoms with E-state index in [4.69, 9.17) is 4.74 Å². The number of H-pyrrole nitrogens is 1. The van der Waals surface area contributed by atoms with Crippen LogP contribution in [0.25, 0.3) is 0 Å². The van der Waals surface area contributed by atoms with Crippen LogP contribution in [0.5, 0.6) is 0 Å². The largest absolute Gasteiger partial charge is 0.366 e. The van der Waals surface area contributed by atoms with Gasteiger partial charge in [-0.05, 0) is 37.2 Å². The standard InChI is InChI=1S/C15H22N6O/c1-21-13(12(7-19-21)10-2-3-10)8-16-6-11-4-5-14(22-11)15-17-9-18-20-15/h7,9-11,14,16H,2-6,8H2,1H3,(H,17,18,20)/t11-,14+/m1/s1. The van der Waals surface area contributed by atoms with Crippen molar-refractivity contribution in [3.8, 4) is 0 Å². The molecule has 1 aliphatic heterocycles. The van der Waals surface area contributed by atoms with Crippen LogP contribution in [-0.2, 0) is 18.3 Å². The molecule has 2 aromatic heterocycles. The number of ether oxygens (including phenoxy) is 1. The fraction of sp³-hybridized carbons (Fsp3) is 0.667. The number of aromatic amines is 1. The minimum atomic E-state index is 0.0630. The molecule has 2 aliphatic rings. The highest BCUT2D eigenvalue weighted by Gasteiger charge is 2.29. The second-order valence-corrected chi connectivity index (χ2v) is 6.27. The maximum Gasteiger partial charge on any atom is 0.153 e. The minimum absolute atomic E-state index is 0.0630. The molecule has 118 valence electrons. The monoisotopic (exact) mass is 302 g/mol. The molecule has 22 heavy (non-hydrogen) atoms. The molecule has 7 nitrogen and oxygen atoms in total. The van der Waals surface area contributed by atoms with Crippen LogP contribution in [0.4, 0.5) is 0 Å². The van der Waals surface area contributed by atoms with E-state index in [0.29, 0.717) is 0 Å². The Balaban J connectivity index is 1.28. The minimum Gasteiger partial charge on any atom is -0.366 e. The molecule has 2 aromatic rings. The summed E-state index contributed by atoms with van der Waals surface area (Å²) in [4.78, 5) is 4.18. The van der Waals surface area contributed by atoms with Crippen molar-refractivity contribution in [3.63, 3.8) is 0 Å².